The molecule has 0 radical (unpaired) electrons. The number of carbonyl (C=O) groups excluding carboxylic acids is 2. The molecular formula is C20H15ClO5. The van der Waals surface area contributed by atoms with Crippen molar-refractivity contribution < 1.29 is 23.5 Å². The molecule has 0 bridgehead atoms. The summed E-state index contributed by atoms with van der Waals surface area (Å²) in [7, 11) is 0. The SMILES string of the molecule is O=C(COC(=O)c1ccc(COc2ccccc2)o1)c1ccc(Cl)cc1. The summed E-state index contributed by atoms with van der Waals surface area (Å²) in [5, 5.41) is 0.527. The predicted octanol–water partition coefficient (Wildman–Crippen LogP) is 4.55. The number of ether oxygens (including phenoxy) is 2. The van der Waals surface area contributed by atoms with Crippen molar-refractivity contribution in [2.75, 3.05) is 6.61 Å². The number of para-hydroxylation sites is 1. The first-order valence-electron chi connectivity index (χ1n) is 7.84. The van der Waals surface area contributed by atoms with Crippen molar-refractivity contribution in [1.82, 2.24) is 0 Å². The lowest BCUT2D eigenvalue weighted by molar-refractivity contribution is 0.0440. The largest absolute Gasteiger partial charge is 0.486 e. The smallest absolute Gasteiger partial charge is 0.374 e. The van der Waals surface area contributed by atoms with Crippen LogP contribution in [-0.4, -0.2) is 18.4 Å². The molecule has 0 aliphatic rings. The number of furan rings is 1. The number of benzene rings is 2. The monoisotopic (exact) mass is 370 g/mol. The molecule has 0 aliphatic carbocycles. The summed E-state index contributed by atoms with van der Waals surface area (Å²) in [5.74, 6) is 0.152. The molecular weight excluding hydrogens is 356 g/mol. The van der Waals surface area contributed by atoms with Crippen LogP contribution in [0.25, 0.3) is 0 Å². The molecule has 0 N–H and O–H groups in total. The summed E-state index contributed by atoms with van der Waals surface area (Å²) in [6.45, 7) is -0.196. The van der Waals surface area contributed by atoms with Crippen LogP contribution in [0.2, 0.25) is 5.02 Å². The maximum atomic E-state index is 12.0. The van der Waals surface area contributed by atoms with Crippen LogP contribution >= 0.6 is 11.6 Å². The first-order valence-corrected chi connectivity index (χ1v) is 8.22. The zero-order chi connectivity index (χ0) is 18.4. The highest BCUT2D eigenvalue weighted by atomic mass is 35.5. The van der Waals surface area contributed by atoms with Crippen LogP contribution in [0, 0.1) is 0 Å². The molecule has 3 aromatic rings. The lowest BCUT2D eigenvalue weighted by Crippen LogP contribution is -2.13. The van der Waals surface area contributed by atoms with Crippen molar-refractivity contribution in [3.05, 3.63) is 88.8 Å². The number of halogens is 1. The Hall–Kier alpha value is -3.05. The average Bonchev–Trinajstić information content (AvgIpc) is 3.15. The minimum absolute atomic E-state index is 0.0144. The number of carbonyl (C=O) groups is 2. The van der Waals surface area contributed by atoms with Crippen molar-refractivity contribution in [2.45, 2.75) is 6.61 Å². The van der Waals surface area contributed by atoms with Gasteiger partial charge in [0.1, 0.15) is 18.1 Å². The molecule has 0 amide bonds. The van der Waals surface area contributed by atoms with E-state index in [1.807, 2.05) is 30.3 Å². The van der Waals surface area contributed by atoms with Crippen LogP contribution in [0.5, 0.6) is 5.75 Å². The molecule has 2 aromatic carbocycles. The number of rotatable bonds is 7. The van der Waals surface area contributed by atoms with Crippen molar-refractivity contribution in [3.8, 4) is 5.75 Å². The fourth-order valence-corrected chi connectivity index (χ4v) is 2.28. The van der Waals surface area contributed by atoms with Crippen molar-refractivity contribution in [2.24, 2.45) is 0 Å². The van der Waals surface area contributed by atoms with E-state index < -0.39 is 5.97 Å². The van der Waals surface area contributed by atoms with Gasteiger partial charge < -0.3 is 13.9 Å². The van der Waals surface area contributed by atoms with Crippen LogP contribution in [0.4, 0.5) is 0 Å². The van der Waals surface area contributed by atoms with Crippen LogP contribution < -0.4 is 4.74 Å². The zero-order valence-corrected chi connectivity index (χ0v) is 14.4. The molecule has 0 saturated carbocycles. The van der Waals surface area contributed by atoms with Gasteiger partial charge in [-0.3, -0.25) is 4.79 Å². The minimum atomic E-state index is -0.710. The third-order valence-electron chi connectivity index (χ3n) is 3.49. The average molecular weight is 371 g/mol. The third kappa shape index (κ3) is 4.74. The summed E-state index contributed by atoms with van der Waals surface area (Å²) in [5.41, 5.74) is 0.415. The standard InChI is InChI=1S/C20H15ClO5/c21-15-8-6-14(7-9-15)18(22)13-25-20(23)19-11-10-17(26-19)12-24-16-4-2-1-3-5-16/h1-11H,12-13H2. The normalized spacial score (nSPS) is 10.3. The van der Waals surface area contributed by atoms with E-state index in [2.05, 4.69) is 0 Å². The molecule has 0 saturated heterocycles. The molecule has 0 unspecified atom stereocenters. The van der Waals surface area contributed by atoms with Gasteiger partial charge in [-0.25, -0.2) is 4.79 Å². The Morgan fingerprint density at radius 3 is 2.38 bits per heavy atom. The van der Waals surface area contributed by atoms with Gasteiger partial charge in [0.05, 0.1) is 0 Å². The molecule has 5 nitrogen and oxygen atoms in total. The van der Waals surface area contributed by atoms with Gasteiger partial charge in [0.2, 0.25) is 5.76 Å². The maximum absolute atomic E-state index is 12.0. The van der Waals surface area contributed by atoms with Gasteiger partial charge in [-0.1, -0.05) is 29.8 Å². The number of hydrogen-bond acceptors (Lipinski definition) is 5. The van der Waals surface area contributed by atoms with Gasteiger partial charge >= 0.3 is 5.97 Å². The second-order valence-electron chi connectivity index (χ2n) is 5.37. The highest BCUT2D eigenvalue weighted by Gasteiger charge is 2.15. The Morgan fingerprint density at radius 2 is 1.65 bits per heavy atom. The highest BCUT2D eigenvalue weighted by Crippen LogP contribution is 2.15. The van der Waals surface area contributed by atoms with E-state index in [4.69, 9.17) is 25.5 Å². The van der Waals surface area contributed by atoms with E-state index in [0.29, 0.717) is 22.1 Å². The lowest BCUT2D eigenvalue weighted by Gasteiger charge is -2.04. The van der Waals surface area contributed by atoms with Crippen molar-refractivity contribution in [3.63, 3.8) is 0 Å². The Labute approximate surface area is 155 Å². The topological polar surface area (TPSA) is 65.7 Å². The zero-order valence-electron chi connectivity index (χ0n) is 13.7. The van der Waals surface area contributed by atoms with E-state index in [0.717, 1.165) is 0 Å². The van der Waals surface area contributed by atoms with E-state index in [1.165, 1.54) is 6.07 Å². The number of Topliss-reactive ketones (excluding diaryl/α,β-unsaturated/α-hetero) is 1. The first kappa shape index (κ1) is 17.8. The van der Waals surface area contributed by atoms with Crippen LogP contribution in [0.3, 0.4) is 0 Å². The summed E-state index contributed by atoms with van der Waals surface area (Å²) < 4.78 is 15.9. The van der Waals surface area contributed by atoms with Gasteiger partial charge in [-0.05, 0) is 48.5 Å². The van der Waals surface area contributed by atoms with Gasteiger partial charge in [0.15, 0.2) is 12.4 Å². The highest BCUT2D eigenvalue weighted by molar-refractivity contribution is 6.30. The first-order chi connectivity index (χ1) is 12.6. The van der Waals surface area contributed by atoms with Crippen molar-refractivity contribution in [1.29, 1.82) is 0 Å². The molecule has 1 heterocycles. The fraction of sp³-hybridized carbons (Fsp3) is 0.100. The molecule has 0 aliphatic heterocycles. The second-order valence-corrected chi connectivity index (χ2v) is 5.81. The van der Waals surface area contributed by atoms with E-state index in [9.17, 15) is 9.59 Å². The van der Waals surface area contributed by atoms with Crippen LogP contribution in [-0.2, 0) is 11.3 Å². The number of ketones is 1. The number of esters is 1. The van der Waals surface area contributed by atoms with Gasteiger partial charge in [0, 0.05) is 10.6 Å². The molecule has 1 aromatic heterocycles. The Balaban J connectivity index is 1.51. The van der Waals surface area contributed by atoms with Crippen LogP contribution in [0.15, 0.2) is 71.1 Å². The van der Waals surface area contributed by atoms with E-state index in [-0.39, 0.29) is 24.8 Å². The quantitative estimate of drug-likeness (QED) is 0.451. The Kier molecular flexibility index (Phi) is 5.71. The second kappa shape index (κ2) is 8.36. The molecule has 0 fully saturated rings. The number of hydrogen-bond donors (Lipinski definition) is 0. The summed E-state index contributed by atoms with van der Waals surface area (Å²) in [6.07, 6.45) is 0. The maximum Gasteiger partial charge on any atom is 0.374 e. The molecule has 26 heavy (non-hydrogen) atoms. The van der Waals surface area contributed by atoms with E-state index >= 15 is 0 Å². The fourth-order valence-electron chi connectivity index (χ4n) is 2.16. The summed E-state index contributed by atoms with van der Waals surface area (Å²) >= 11 is 5.77. The summed E-state index contributed by atoms with van der Waals surface area (Å²) in [4.78, 5) is 24.0. The van der Waals surface area contributed by atoms with Crippen molar-refractivity contribution >= 4 is 23.4 Å². The van der Waals surface area contributed by atoms with Gasteiger partial charge in [-0.15, -0.1) is 0 Å². The molecule has 3 rings (SSSR count). The summed E-state index contributed by atoms with van der Waals surface area (Å²) in [6, 6.07) is 18.7. The molecule has 6 heteroatoms. The lowest BCUT2D eigenvalue weighted by atomic mass is 10.1. The third-order valence-corrected chi connectivity index (χ3v) is 3.74. The minimum Gasteiger partial charge on any atom is -0.486 e. The van der Waals surface area contributed by atoms with Crippen LogP contribution in [0.1, 0.15) is 26.7 Å². The van der Waals surface area contributed by atoms with Gasteiger partial charge in [0.25, 0.3) is 0 Å². The predicted molar refractivity (Wildman–Crippen MR) is 95.5 cm³/mol. The van der Waals surface area contributed by atoms with Gasteiger partial charge in [-0.2, -0.15) is 0 Å². The Bertz CT molecular complexity index is 884. The Morgan fingerprint density at radius 1 is 0.923 bits per heavy atom. The molecule has 0 atom stereocenters. The molecule has 0 spiro atoms. The van der Waals surface area contributed by atoms with E-state index in [1.54, 1.807) is 30.3 Å². The molecule has 132 valence electrons.